The molecule has 0 heterocycles. The number of thioether (sulfide) groups is 1. The van der Waals surface area contributed by atoms with Crippen LogP contribution < -0.4 is 33.2 Å². The molecule has 0 radical (unpaired) electrons. The Bertz CT molecular complexity index is 941. The first-order valence-corrected chi connectivity index (χ1v) is 13.8. The van der Waals surface area contributed by atoms with Crippen LogP contribution in [0.1, 0.15) is 38.7 Å². The Morgan fingerprint density at radius 2 is 1.55 bits per heavy atom. The van der Waals surface area contributed by atoms with E-state index in [2.05, 4.69) is 20.9 Å². The van der Waals surface area contributed by atoms with Gasteiger partial charge in [0.2, 0.25) is 17.7 Å². The molecule has 4 atom stereocenters. The quantitative estimate of drug-likeness (QED) is 0.0757. The van der Waals surface area contributed by atoms with Gasteiger partial charge in [0.1, 0.15) is 18.1 Å². The first kappa shape index (κ1) is 32.7. The average molecular weight is 552 g/mol. The minimum Gasteiger partial charge on any atom is -0.480 e. The summed E-state index contributed by atoms with van der Waals surface area (Å²) in [6.45, 7) is 3.54. The first-order valence-electron chi connectivity index (χ1n) is 12.4. The first-order chi connectivity index (χ1) is 18.0. The molecule has 0 saturated carbocycles. The van der Waals surface area contributed by atoms with Crippen molar-refractivity contribution in [2.75, 3.05) is 18.6 Å². The number of nitrogens with two attached hydrogens (primary N) is 3. The number of benzene rings is 1. The summed E-state index contributed by atoms with van der Waals surface area (Å²) in [6, 6.07) is 5.06. The number of nitrogens with zero attached hydrogens (tertiary/aromatic N) is 1. The lowest BCUT2D eigenvalue weighted by atomic mass is 10.0. The van der Waals surface area contributed by atoms with Gasteiger partial charge in [-0.2, -0.15) is 11.8 Å². The van der Waals surface area contributed by atoms with E-state index in [1.54, 1.807) is 25.6 Å². The number of carbonyl (C=O) groups excluding carboxylic acids is 3. The number of hydrogen-bond acceptors (Lipinski definition) is 7. The number of carboxylic acid groups (broad SMARTS) is 1. The molecule has 0 bridgehead atoms. The summed E-state index contributed by atoms with van der Waals surface area (Å²) in [6.07, 6.45) is 2.99. The lowest BCUT2D eigenvalue weighted by Gasteiger charge is -2.26. The van der Waals surface area contributed by atoms with Crippen molar-refractivity contribution in [3.8, 4) is 0 Å². The van der Waals surface area contributed by atoms with Gasteiger partial charge in [0.25, 0.3) is 0 Å². The molecule has 0 aliphatic rings. The molecule has 13 heteroatoms. The Morgan fingerprint density at radius 3 is 2.11 bits per heavy atom. The van der Waals surface area contributed by atoms with Crippen LogP contribution in [0.5, 0.6) is 0 Å². The number of amides is 3. The van der Waals surface area contributed by atoms with Gasteiger partial charge in [0.15, 0.2) is 5.96 Å². The van der Waals surface area contributed by atoms with Gasteiger partial charge in [0.05, 0.1) is 6.04 Å². The zero-order chi connectivity index (χ0) is 28.7. The van der Waals surface area contributed by atoms with Crippen LogP contribution in [0.25, 0.3) is 0 Å². The topological polar surface area (TPSA) is 215 Å². The number of nitrogens with one attached hydrogen (secondary N) is 3. The Morgan fingerprint density at radius 1 is 0.947 bits per heavy atom. The molecule has 0 spiro atoms. The molecule has 12 nitrogen and oxygen atoms in total. The van der Waals surface area contributed by atoms with Gasteiger partial charge < -0.3 is 38.3 Å². The van der Waals surface area contributed by atoms with Gasteiger partial charge in [-0.05, 0) is 42.8 Å². The Hall–Kier alpha value is -3.32. The van der Waals surface area contributed by atoms with Crippen molar-refractivity contribution in [1.82, 2.24) is 16.0 Å². The van der Waals surface area contributed by atoms with Crippen LogP contribution in [-0.2, 0) is 25.6 Å². The average Bonchev–Trinajstić information content (AvgIpc) is 2.86. The minimum atomic E-state index is -1.19. The van der Waals surface area contributed by atoms with Crippen molar-refractivity contribution in [2.24, 2.45) is 28.1 Å². The van der Waals surface area contributed by atoms with Crippen LogP contribution in [0.4, 0.5) is 0 Å². The lowest BCUT2D eigenvalue weighted by molar-refractivity contribution is -0.143. The summed E-state index contributed by atoms with van der Waals surface area (Å²) in [7, 11) is 0. The summed E-state index contributed by atoms with van der Waals surface area (Å²) in [5, 5.41) is 17.4. The third-order valence-corrected chi connectivity index (χ3v) is 6.34. The van der Waals surface area contributed by atoms with Crippen molar-refractivity contribution in [1.29, 1.82) is 0 Å². The summed E-state index contributed by atoms with van der Waals surface area (Å²) < 4.78 is 0. The Balaban J connectivity index is 3.12. The van der Waals surface area contributed by atoms with E-state index >= 15 is 0 Å². The molecule has 0 aromatic heterocycles. The SMILES string of the molecule is CSCCC(N)C(=O)NC(Cc1ccccc1)C(=O)NC(CCCN=C(N)N)C(=O)NC(C(=O)O)C(C)C. The van der Waals surface area contributed by atoms with Crippen LogP contribution in [0.2, 0.25) is 0 Å². The molecule has 212 valence electrons. The fourth-order valence-electron chi connectivity index (χ4n) is 3.53. The number of hydrogen-bond donors (Lipinski definition) is 7. The highest BCUT2D eigenvalue weighted by atomic mass is 32.2. The Kier molecular flexibility index (Phi) is 14.8. The van der Waals surface area contributed by atoms with Crippen LogP contribution >= 0.6 is 11.8 Å². The van der Waals surface area contributed by atoms with Crippen molar-refractivity contribution in [3.05, 3.63) is 35.9 Å². The maximum atomic E-state index is 13.4. The van der Waals surface area contributed by atoms with Gasteiger partial charge in [-0.15, -0.1) is 0 Å². The molecule has 1 aromatic rings. The van der Waals surface area contributed by atoms with Gasteiger partial charge in [-0.25, -0.2) is 4.79 Å². The number of guanidine groups is 1. The predicted octanol–water partition coefficient (Wildman–Crippen LogP) is -0.442. The molecule has 0 saturated heterocycles. The minimum absolute atomic E-state index is 0.107. The number of rotatable bonds is 17. The standard InChI is InChI=1S/C25H41N7O5S/c1-15(2)20(24(36)37)32-22(34)18(10-7-12-29-25(27)28)30-23(35)19(14-16-8-5-4-6-9-16)31-21(33)17(26)11-13-38-3/h4-6,8-9,15,17-20H,7,10-14,26H2,1-3H3,(H,30,35)(H,31,33)(H,32,34)(H,36,37)(H4,27,28,29). The summed E-state index contributed by atoms with van der Waals surface area (Å²) in [5.74, 6) is -2.74. The summed E-state index contributed by atoms with van der Waals surface area (Å²) in [5.41, 5.74) is 17.5. The van der Waals surface area contributed by atoms with Crippen LogP contribution in [-0.4, -0.2) is 77.5 Å². The van der Waals surface area contributed by atoms with E-state index in [4.69, 9.17) is 17.2 Å². The zero-order valence-corrected chi connectivity index (χ0v) is 23.0. The fraction of sp³-hybridized carbons (Fsp3) is 0.560. The summed E-state index contributed by atoms with van der Waals surface area (Å²) >= 11 is 1.56. The molecule has 0 fully saturated rings. The van der Waals surface area contributed by atoms with Crippen molar-refractivity contribution >= 4 is 41.4 Å². The molecule has 0 aliphatic carbocycles. The number of carboxylic acids is 1. The second-order valence-electron chi connectivity index (χ2n) is 9.22. The Labute approximate surface area is 227 Å². The third kappa shape index (κ3) is 12.3. The maximum Gasteiger partial charge on any atom is 0.326 e. The highest BCUT2D eigenvalue weighted by Gasteiger charge is 2.31. The number of carbonyl (C=O) groups is 4. The molecular weight excluding hydrogens is 510 g/mol. The summed E-state index contributed by atoms with van der Waals surface area (Å²) in [4.78, 5) is 54.7. The molecular formula is C25H41N7O5S. The molecule has 38 heavy (non-hydrogen) atoms. The molecule has 0 aliphatic heterocycles. The lowest BCUT2D eigenvalue weighted by Crippen LogP contribution is -2.58. The van der Waals surface area contributed by atoms with E-state index in [-0.39, 0.29) is 31.3 Å². The largest absolute Gasteiger partial charge is 0.480 e. The van der Waals surface area contributed by atoms with Gasteiger partial charge >= 0.3 is 5.97 Å². The zero-order valence-electron chi connectivity index (χ0n) is 22.2. The molecule has 3 amide bonds. The van der Waals surface area contributed by atoms with Crippen LogP contribution in [0.3, 0.4) is 0 Å². The normalized spacial score (nSPS) is 14.0. The highest BCUT2D eigenvalue weighted by molar-refractivity contribution is 7.98. The second kappa shape index (κ2) is 17.2. The molecule has 1 rings (SSSR count). The van der Waals surface area contributed by atoms with E-state index in [0.717, 1.165) is 5.56 Å². The predicted molar refractivity (Wildman–Crippen MR) is 149 cm³/mol. The molecule has 10 N–H and O–H groups in total. The van der Waals surface area contributed by atoms with Gasteiger partial charge in [0, 0.05) is 13.0 Å². The van der Waals surface area contributed by atoms with Gasteiger partial charge in [-0.3, -0.25) is 19.4 Å². The van der Waals surface area contributed by atoms with E-state index in [1.807, 2.05) is 36.6 Å². The third-order valence-electron chi connectivity index (χ3n) is 5.69. The van der Waals surface area contributed by atoms with E-state index in [1.165, 1.54) is 0 Å². The molecule has 4 unspecified atom stereocenters. The number of aliphatic imine (C=N–C) groups is 1. The highest BCUT2D eigenvalue weighted by Crippen LogP contribution is 2.08. The number of aliphatic carboxylic acids is 1. The molecule has 1 aromatic carbocycles. The van der Waals surface area contributed by atoms with Crippen LogP contribution in [0.15, 0.2) is 35.3 Å². The monoisotopic (exact) mass is 551 g/mol. The van der Waals surface area contributed by atoms with E-state index in [0.29, 0.717) is 18.6 Å². The van der Waals surface area contributed by atoms with Crippen molar-refractivity contribution in [2.45, 2.75) is 63.7 Å². The van der Waals surface area contributed by atoms with Crippen LogP contribution in [0, 0.1) is 5.92 Å². The fourth-order valence-corrected chi connectivity index (χ4v) is 4.02. The van der Waals surface area contributed by atoms with Crippen molar-refractivity contribution in [3.63, 3.8) is 0 Å². The second-order valence-corrected chi connectivity index (χ2v) is 10.2. The maximum absolute atomic E-state index is 13.4. The van der Waals surface area contributed by atoms with E-state index < -0.39 is 47.9 Å². The van der Waals surface area contributed by atoms with Crippen molar-refractivity contribution < 1.29 is 24.3 Å². The van der Waals surface area contributed by atoms with E-state index in [9.17, 15) is 24.3 Å². The smallest absolute Gasteiger partial charge is 0.326 e. The van der Waals surface area contributed by atoms with Gasteiger partial charge in [-0.1, -0.05) is 44.2 Å².